The number of hydrogen-bond donors (Lipinski definition) is 0. The summed E-state index contributed by atoms with van der Waals surface area (Å²) in [4.78, 5) is 12.8. The molecule has 4 heteroatoms. The van der Waals surface area contributed by atoms with Gasteiger partial charge < -0.3 is 0 Å². The molecular weight excluding hydrogens is 284 g/mol. The molecule has 0 bridgehead atoms. The standard InChI is InChI=1S/C17H15ClN2O/c1-12-6-3-4-9-16(12)20-17(21)15(11-19(20)2)13-7-5-8-14(18)10-13/h3-11H,1-2H3. The van der Waals surface area contributed by atoms with Crippen molar-refractivity contribution in [3.05, 3.63) is 75.7 Å². The predicted octanol–water partition coefficient (Wildman–Crippen LogP) is 3.80. The van der Waals surface area contributed by atoms with E-state index in [0.717, 1.165) is 16.8 Å². The molecule has 2 aromatic carbocycles. The van der Waals surface area contributed by atoms with Crippen molar-refractivity contribution in [2.75, 3.05) is 0 Å². The lowest BCUT2D eigenvalue weighted by atomic mass is 10.1. The smallest absolute Gasteiger partial charge is 0.279 e. The average Bonchev–Trinajstić information content (AvgIpc) is 2.75. The second-order valence-corrected chi connectivity index (χ2v) is 5.47. The van der Waals surface area contributed by atoms with E-state index in [1.165, 1.54) is 0 Å². The minimum absolute atomic E-state index is 0.0472. The van der Waals surface area contributed by atoms with Gasteiger partial charge in [-0.2, -0.15) is 0 Å². The zero-order valence-electron chi connectivity index (χ0n) is 11.9. The van der Waals surface area contributed by atoms with E-state index in [1.807, 2.05) is 56.6 Å². The molecule has 0 atom stereocenters. The van der Waals surface area contributed by atoms with Crippen LogP contribution in [0.5, 0.6) is 0 Å². The SMILES string of the molecule is Cc1ccccc1-n1c(=O)c(-c2cccc(Cl)c2)cn1C. The minimum Gasteiger partial charge on any atom is -0.288 e. The number of para-hydroxylation sites is 1. The lowest BCUT2D eigenvalue weighted by Crippen LogP contribution is -2.20. The Labute approximate surface area is 128 Å². The maximum Gasteiger partial charge on any atom is 0.279 e. The molecule has 21 heavy (non-hydrogen) atoms. The predicted molar refractivity (Wildman–Crippen MR) is 86.2 cm³/mol. The lowest BCUT2D eigenvalue weighted by molar-refractivity contribution is 0.644. The molecule has 0 N–H and O–H groups in total. The van der Waals surface area contributed by atoms with Gasteiger partial charge >= 0.3 is 0 Å². The van der Waals surface area contributed by atoms with Gasteiger partial charge in [-0.15, -0.1) is 0 Å². The van der Waals surface area contributed by atoms with E-state index in [0.29, 0.717) is 10.6 Å². The van der Waals surface area contributed by atoms with E-state index >= 15 is 0 Å². The van der Waals surface area contributed by atoms with Crippen LogP contribution in [0.2, 0.25) is 5.02 Å². The van der Waals surface area contributed by atoms with Crippen LogP contribution in [0.25, 0.3) is 16.8 Å². The van der Waals surface area contributed by atoms with Gasteiger partial charge in [0.2, 0.25) is 0 Å². The zero-order valence-corrected chi connectivity index (χ0v) is 12.6. The van der Waals surface area contributed by atoms with Gasteiger partial charge in [0.15, 0.2) is 0 Å². The summed E-state index contributed by atoms with van der Waals surface area (Å²) in [6.07, 6.45) is 1.83. The number of hydrogen-bond acceptors (Lipinski definition) is 1. The van der Waals surface area contributed by atoms with E-state index in [1.54, 1.807) is 21.5 Å². The zero-order chi connectivity index (χ0) is 15.0. The molecule has 3 nitrogen and oxygen atoms in total. The molecule has 106 valence electrons. The van der Waals surface area contributed by atoms with Crippen molar-refractivity contribution < 1.29 is 0 Å². The number of benzene rings is 2. The highest BCUT2D eigenvalue weighted by atomic mass is 35.5. The Bertz CT molecular complexity index is 861. The second kappa shape index (κ2) is 5.26. The number of aryl methyl sites for hydroxylation is 2. The fourth-order valence-corrected chi connectivity index (χ4v) is 2.68. The van der Waals surface area contributed by atoms with Crippen LogP contribution in [0.1, 0.15) is 5.56 Å². The van der Waals surface area contributed by atoms with Crippen molar-refractivity contribution in [3.8, 4) is 16.8 Å². The van der Waals surface area contributed by atoms with Crippen molar-refractivity contribution in [2.45, 2.75) is 6.92 Å². The first-order chi connectivity index (χ1) is 10.1. The quantitative estimate of drug-likeness (QED) is 0.707. The molecule has 0 saturated heterocycles. The Morgan fingerprint density at radius 1 is 1.05 bits per heavy atom. The summed E-state index contributed by atoms with van der Waals surface area (Å²) < 4.78 is 3.48. The van der Waals surface area contributed by atoms with Crippen molar-refractivity contribution in [1.29, 1.82) is 0 Å². The molecular formula is C17H15ClN2O. The molecule has 0 radical (unpaired) electrons. The molecule has 0 aliphatic heterocycles. The Morgan fingerprint density at radius 2 is 1.81 bits per heavy atom. The molecule has 3 rings (SSSR count). The van der Waals surface area contributed by atoms with Crippen LogP contribution in [-0.4, -0.2) is 9.36 Å². The first-order valence-corrected chi connectivity index (χ1v) is 7.06. The van der Waals surface area contributed by atoms with Crippen LogP contribution in [0.4, 0.5) is 0 Å². The maximum absolute atomic E-state index is 12.8. The van der Waals surface area contributed by atoms with Gasteiger partial charge in [-0.3, -0.25) is 9.48 Å². The number of rotatable bonds is 2. The molecule has 0 unspecified atom stereocenters. The van der Waals surface area contributed by atoms with Crippen LogP contribution in [0, 0.1) is 6.92 Å². The van der Waals surface area contributed by atoms with Gasteiger partial charge in [0.05, 0.1) is 11.3 Å². The monoisotopic (exact) mass is 298 g/mol. The third-order valence-corrected chi connectivity index (χ3v) is 3.77. The summed E-state index contributed by atoms with van der Waals surface area (Å²) in [7, 11) is 1.86. The van der Waals surface area contributed by atoms with Crippen molar-refractivity contribution in [2.24, 2.45) is 7.05 Å². The highest BCUT2D eigenvalue weighted by Gasteiger charge is 2.13. The van der Waals surface area contributed by atoms with Gasteiger partial charge in [-0.1, -0.05) is 41.9 Å². The van der Waals surface area contributed by atoms with Crippen LogP contribution in [-0.2, 0) is 7.05 Å². The first kappa shape index (κ1) is 13.7. The highest BCUT2D eigenvalue weighted by Crippen LogP contribution is 2.21. The highest BCUT2D eigenvalue weighted by molar-refractivity contribution is 6.30. The van der Waals surface area contributed by atoms with Gasteiger partial charge in [-0.05, 0) is 36.2 Å². The van der Waals surface area contributed by atoms with Crippen LogP contribution >= 0.6 is 11.6 Å². The van der Waals surface area contributed by atoms with E-state index < -0.39 is 0 Å². The van der Waals surface area contributed by atoms with Crippen molar-refractivity contribution in [3.63, 3.8) is 0 Å². The summed E-state index contributed by atoms with van der Waals surface area (Å²) >= 11 is 6.02. The summed E-state index contributed by atoms with van der Waals surface area (Å²) in [5.74, 6) is 0. The van der Waals surface area contributed by atoms with Crippen LogP contribution < -0.4 is 5.56 Å². The molecule has 0 saturated carbocycles. The fourth-order valence-electron chi connectivity index (χ4n) is 2.49. The minimum atomic E-state index is -0.0472. The van der Waals surface area contributed by atoms with Gasteiger partial charge in [-0.25, -0.2) is 4.68 Å². The third-order valence-electron chi connectivity index (χ3n) is 3.53. The summed E-state index contributed by atoms with van der Waals surface area (Å²) in [6.45, 7) is 1.99. The second-order valence-electron chi connectivity index (χ2n) is 5.03. The van der Waals surface area contributed by atoms with E-state index in [9.17, 15) is 4.79 Å². The van der Waals surface area contributed by atoms with E-state index in [2.05, 4.69) is 0 Å². The molecule has 0 amide bonds. The van der Waals surface area contributed by atoms with Crippen molar-refractivity contribution in [1.82, 2.24) is 9.36 Å². The van der Waals surface area contributed by atoms with Gasteiger partial charge in [0.1, 0.15) is 0 Å². The van der Waals surface area contributed by atoms with E-state index in [4.69, 9.17) is 11.6 Å². The van der Waals surface area contributed by atoms with Crippen LogP contribution in [0.15, 0.2) is 59.5 Å². The number of nitrogens with zero attached hydrogens (tertiary/aromatic N) is 2. The van der Waals surface area contributed by atoms with Crippen LogP contribution in [0.3, 0.4) is 0 Å². The number of aromatic nitrogens is 2. The summed E-state index contributed by atoms with van der Waals surface area (Å²) in [5, 5.41) is 0.623. The topological polar surface area (TPSA) is 26.9 Å². The molecule has 1 aromatic heterocycles. The Balaban J connectivity index is 2.23. The van der Waals surface area contributed by atoms with E-state index in [-0.39, 0.29) is 5.56 Å². The maximum atomic E-state index is 12.8. The molecule has 0 aliphatic carbocycles. The Hall–Kier alpha value is -2.26. The molecule has 1 heterocycles. The molecule has 0 fully saturated rings. The Morgan fingerprint density at radius 3 is 2.52 bits per heavy atom. The molecule has 0 spiro atoms. The average molecular weight is 299 g/mol. The lowest BCUT2D eigenvalue weighted by Gasteiger charge is -2.09. The molecule has 0 aliphatic rings. The largest absolute Gasteiger partial charge is 0.288 e. The summed E-state index contributed by atoms with van der Waals surface area (Å²) in [5.41, 5.74) is 3.37. The Kier molecular flexibility index (Phi) is 3.43. The fraction of sp³-hybridized carbons (Fsp3) is 0.118. The van der Waals surface area contributed by atoms with Crippen molar-refractivity contribution >= 4 is 11.6 Å². The number of halogens is 1. The summed E-state index contributed by atoms with van der Waals surface area (Å²) in [6, 6.07) is 15.2. The van der Waals surface area contributed by atoms with Gasteiger partial charge in [0.25, 0.3) is 5.56 Å². The van der Waals surface area contributed by atoms with Gasteiger partial charge in [0, 0.05) is 18.3 Å². The molecule has 3 aromatic rings. The third kappa shape index (κ3) is 2.41. The normalized spacial score (nSPS) is 10.8. The first-order valence-electron chi connectivity index (χ1n) is 6.68.